The molecule has 0 aromatic heterocycles. The third-order valence-electron chi connectivity index (χ3n) is 4.08. The van der Waals surface area contributed by atoms with Crippen LogP contribution in [0.2, 0.25) is 0 Å². The molecular weight excluding hydrogens is 174 g/mol. The first-order chi connectivity index (χ1) is 6.78. The van der Waals surface area contributed by atoms with E-state index in [0.717, 1.165) is 5.92 Å². The van der Waals surface area contributed by atoms with Crippen LogP contribution in [0.25, 0.3) is 0 Å². The molecule has 2 nitrogen and oxygen atoms in total. The fraction of sp³-hybridized carbons (Fsp3) is 1.00. The molecule has 1 saturated heterocycles. The molecule has 1 spiro atoms. The molecule has 1 aliphatic carbocycles. The predicted molar refractivity (Wildman–Crippen MR) is 58.1 cm³/mol. The van der Waals surface area contributed by atoms with E-state index in [4.69, 9.17) is 10.5 Å². The van der Waals surface area contributed by atoms with Gasteiger partial charge in [0.2, 0.25) is 0 Å². The Hall–Kier alpha value is -0.0800. The summed E-state index contributed by atoms with van der Waals surface area (Å²) >= 11 is 0. The third kappa shape index (κ3) is 1.96. The van der Waals surface area contributed by atoms with E-state index < -0.39 is 0 Å². The molecule has 2 rings (SSSR count). The summed E-state index contributed by atoms with van der Waals surface area (Å²) in [6.45, 7) is 3.01. The van der Waals surface area contributed by atoms with Gasteiger partial charge in [0.15, 0.2) is 0 Å². The zero-order chi connectivity index (χ0) is 10.0. The number of hydrogen-bond donors (Lipinski definition) is 1. The molecule has 0 aromatic carbocycles. The normalized spacial score (nSPS) is 43.3. The summed E-state index contributed by atoms with van der Waals surface area (Å²) in [6.07, 6.45) is 9.38. The van der Waals surface area contributed by atoms with Gasteiger partial charge in [-0.05, 0) is 44.4 Å². The smallest absolute Gasteiger partial charge is 0.0704 e. The maximum absolute atomic E-state index is 6.19. The van der Waals surface area contributed by atoms with Gasteiger partial charge in [-0.1, -0.05) is 13.3 Å². The summed E-state index contributed by atoms with van der Waals surface area (Å²) in [5, 5.41) is 0. The topological polar surface area (TPSA) is 35.2 Å². The molecular formula is C12H23NO. The van der Waals surface area contributed by atoms with Gasteiger partial charge in [0, 0.05) is 6.54 Å². The van der Waals surface area contributed by atoms with Crippen molar-refractivity contribution in [2.75, 3.05) is 6.54 Å². The molecule has 3 unspecified atom stereocenters. The standard InChI is InChI=1S/C12H23NO/c1-2-10-5-7-12(8-10)6-3-4-11(9-13)14-12/h10-11H,2-9,13H2,1H3. The Morgan fingerprint density at radius 1 is 1.36 bits per heavy atom. The van der Waals surface area contributed by atoms with Crippen LogP contribution in [-0.4, -0.2) is 18.2 Å². The van der Waals surface area contributed by atoms with Gasteiger partial charge in [-0.25, -0.2) is 0 Å². The van der Waals surface area contributed by atoms with Crippen LogP contribution in [0.3, 0.4) is 0 Å². The summed E-state index contributed by atoms with van der Waals surface area (Å²) in [4.78, 5) is 0. The minimum Gasteiger partial charge on any atom is -0.370 e. The van der Waals surface area contributed by atoms with Gasteiger partial charge in [-0.2, -0.15) is 0 Å². The molecule has 2 N–H and O–H groups in total. The Morgan fingerprint density at radius 3 is 2.86 bits per heavy atom. The Morgan fingerprint density at radius 2 is 2.21 bits per heavy atom. The Kier molecular flexibility index (Phi) is 3.13. The Balaban J connectivity index is 1.95. The molecule has 0 amide bonds. The number of rotatable bonds is 2. The lowest BCUT2D eigenvalue weighted by Gasteiger charge is -2.38. The van der Waals surface area contributed by atoms with Crippen molar-refractivity contribution in [2.45, 2.75) is 63.6 Å². The van der Waals surface area contributed by atoms with Crippen molar-refractivity contribution in [3.05, 3.63) is 0 Å². The summed E-state index contributed by atoms with van der Waals surface area (Å²) in [6, 6.07) is 0. The van der Waals surface area contributed by atoms with Crippen molar-refractivity contribution >= 4 is 0 Å². The van der Waals surface area contributed by atoms with Gasteiger partial charge in [0.1, 0.15) is 0 Å². The van der Waals surface area contributed by atoms with Gasteiger partial charge in [0.25, 0.3) is 0 Å². The average molecular weight is 197 g/mol. The van der Waals surface area contributed by atoms with Crippen LogP contribution in [0.1, 0.15) is 51.9 Å². The van der Waals surface area contributed by atoms with E-state index in [1.165, 1.54) is 44.9 Å². The number of hydrogen-bond acceptors (Lipinski definition) is 2. The van der Waals surface area contributed by atoms with Crippen molar-refractivity contribution in [1.82, 2.24) is 0 Å². The van der Waals surface area contributed by atoms with Crippen molar-refractivity contribution in [2.24, 2.45) is 11.7 Å². The lowest BCUT2D eigenvalue weighted by Crippen LogP contribution is -2.41. The Labute approximate surface area is 87.2 Å². The second-order valence-electron chi connectivity index (χ2n) is 5.07. The molecule has 2 fully saturated rings. The minimum absolute atomic E-state index is 0.239. The largest absolute Gasteiger partial charge is 0.370 e. The van der Waals surface area contributed by atoms with Gasteiger partial charge in [-0.3, -0.25) is 0 Å². The molecule has 0 aromatic rings. The van der Waals surface area contributed by atoms with Gasteiger partial charge in [0.05, 0.1) is 11.7 Å². The van der Waals surface area contributed by atoms with Crippen LogP contribution >= 0.6 is 0 Å². The predicted octanol–water partition coefficient (Wildman–Crippen LogP) is 2.46. The number of nitrogens with two attached hydrogens (primary N) is 1. The highest BCUT2D eigenvalue weighted by molar-refractivity contribution is 4.93. The Bertz CT molecular complexity index is 195. The van der Waals surface area contributed by atoms with Gasteiger partial charge >= 0.3 is 0 Å². The van der Waals surface area contributed by atoms with E-state index in [1.54, 1.807) is 0 Å². The maximum atomic E-state index is 6.19. The highest BCUT2D eigenvalue weighted by Gasteiger charge is 2.42. The van der Waals surface area contributed by atoms with Crippen LogP contribution in [0, 0.1) is 5.92 Å². The first-order valence-electron chi connectivity index (χ1n) is 6.16. The van der Waals surface area contributed by atoms with Crippen molar-refractivity contribution in [3.8, 4) is 0 Å². The van der Waals surface area contributed by atoms with Crippen LogP contribution < -0.4 is 5.73 Å². The molecule has 1 saturated carbocycles. The summed E-state index contributed by atoms with van der Waals surface area (Å²) in [7, 11) is 0. The zero-order valence-corrected chi connectivity index (χ0v) is 9.30. The van der Waals surface area contributed by atoms with Gasteiger partial charge < -0.3 is 10.5 Å². The highest BCUT2D eigenvalue weighted by atomic mass is 16.5. The first kappa shape index (κ1) is 10.4. The molecule has 82 valence electrons. The van der Waals surface area contributed by atoms with Crippen LogP contribution in [0.5, 0.6) is 0 Å². The van der Waals surface area contributed by atoms with E-state index in [2.05, 4.69) is 6.92 Å². The van der Waals surface area contributed by atoms with E-state index >= 15 is 0 Å². The number of ether oxygens (including phenoxy) is 1. The van der Waals surface area contributed by atoms with Crippen molar-refractivity contribution in [3.63, 3.8) is 0 Å². The molecule has 14 heavy (non-hydrogen) atoms. The molecule has 1 aliphatic heterocycles. The average Bonchev–Trinajstić information content (AvgIpc) is 2.61. The quantitative estimate of drug-likeness (QED) is 0.738. The fourth-order valence-corrected chi connectivity index (χ4v) is 3.17. The second-order valence-corrected chi connectivity index (χ2v) is 5.07. The van der Waals surface area contributed by atoms with Crippen molar-refractivity contribution < 1.29 is 4.74 Å². The molecule has 0 bridgehead atoms. The summed E-state index contributed by atoms with van der Waals surface area (Å²) in [5.41, 5.74) is 5.94. The van der Waals surface area contributed by atoms with Crippen LogP contribution in [0.4, 0.5) is 0 Å². The van der Waals surface area contributed by atoms with E-state index in [0.29, 0.717) is 12.6 Å². The van der Waals surface area contributed by atoms with E-state index in [1.807, 2.05) is 0 Å². The van der Waals surface area contributed by atoms with Crippen LogP contribution in [0.15, 0.2) is 0 Å². The third-order valence-corrected chi connectivity index (χ3v) is 4.08. The fourth-order valence-electron chi connectivity index (χ4n) is 3.17. The SMILES string of the molecule is CCC1CCC2(CCCC(CN)O2)C1. The second kappa shape index (κ2) is 4.19. The molecule has 1 heterocycles. The molecule has 0 radical (unpaired) electrons. The molecule has 2 heteroatoms. The van der Waals surface area contributed by atoms with Gasteiger partial charge in [-0.15, -0.1) is 0 Å². The first-order valence-corrected chi connectivity index (χ1v) is 6.16. The van der Waals surface area contributed by atoms with E-state index in [-0.39, 0.29) is 5.60 Å². The van der Waals surface area contributed by atoms with E-state index in [9.17, 15) is 0 Å². The summed E-state index contributed by atoms with van der Waals surface area (Å²) in [5.74, 6) is 0.909. The lowest BCUT2D eigenvalue weighted by atomic mass is 9.88. The molecule has 2 aliphatic rings. The molecule has 3 atom stereocenters. The monoisotopic (exact) mass is 197 g/mol. The lowest BCUT2D eigenvalue weighted by molar-refractivity contribution is -0.122. The van der Waals surface area contributed by atoms with Crippen molar-refractivity contribution in [1.29, 1.82) is 0 Å². The summed E-state index contributed by atoms with van der Waals surface area (Å²) < 4.78 is 6.19. The van der Waals surface area contributed by atoms with Crippen LogP contribution in [-0.2, 0) is 4.74 Å². The maximum Gasteiger partial charge on any atom is 0.0704 e. The minimum atomic E-state index is 0.239. The highest BCUT2D eigenvalue weighted by Crippen LogP contribution is 2.45. The zero-order valence-electron chi connectivity index (χ0n) is 9.30.